The molecule has 5 nitrogen and oxygen atoms in total. The molecule has 86 valence electrons. The topological polar surface area (TPSA) is 72.5 Å². The highest BCUT2D eigenvalue weighted by Crippen LogP contribution is 2.21. The number of amides is 1. The number of nitrogens with one attached hydrogen (secondary N) is 1. The molecule has 1 heterocycles. The van der Waals surface area contributed by atoms with Crippen LogP contribution in [-0.4, -0.2) is 21.1 Å². The van der Waals surface area contributed by atoms with Gasteiger partial charge in [-0.05, 0) is 17.7 Å². The summed E-state index contributed by atoms with van der Waals surface area (Å²) in [6, 6.07) is 5.73. The molecule has 0 saturated carbocycles. The van der Waals surface area contributed by atoms with Crippen LogP contribution in [0.5, 0.6) is 0 Å². The Hall–Kier alpha value is -1.27. The number of ether oxygens (including phenoxy) is 1. The predicted molar refractivity (Wildman–Crippen MR) is 56.7 cm³/mol. The van der Waals surface area contributed by atoms with E-state index in [0.29, 0.717) is 0 Å². The molecule has 16 heavy (non-hydrogen) atoms. The van der Waals surface area contributed by atoms with Crippen molar-refractivity contribution in [3.63, 3.8) is 0 Å². The highest BCUT2D eigenvalue weighted by atomic mass is 35.7. The Morgan fingerprint density at radius 2 is 1.94 bits per heavy atom. The molecule has 1 aliphatic heterocycles. The predicted octanol–water partition coefficient (Wildman–Crippen LogP) is 1.40. The molecule has 7 heteroatoms. The minimum absolute atomic E-state index is 0.0307. The lowest BCUT2D eigenvalue weighted by molar-refractivity contribution is 0.177. The molecule has 0 radical (unpaired) electrons. The maximum atomic E-state index is 11.0. The molecular weight excluding hydrogens is 254 g/mol. The second kappa shape index (κ2) is 3.95. The first-order chi connectivity index (χ1) is 7.47. The van der Waals surface area contributed by atoms with E-state index in [2.05, 4.69) is 5.32 Å². The summed E-state index contributed by atoms with van der Waals surface area (Å²) in [5.41, 5.74) is 0.773. The summed E-state index contributed by atoms with van der Waals surface area (Å²) in [6.45, 7) is 0.242. The van der Waals surface area contributed by atoms with Crippen molar-refractivity contribution in [2.45, 2.75) is 10.9 Å². The fraction of sp³-hybridized carbons (Fsp3) is 0.222. The molecule has 1 amide bonds. The minimum atomic E-state index is -3.70. The average Bonchev–Trinajstić information content (AvgIpc) is 2.64. The van der Waals surface area contributed by atoms with Crippen molar-refractivity contribution in [2.75, 3.05) is 6.61 Å². The molecule has 1 atom stereocenters. The largest absolute Gasteiger partial charge is 0.447 e. The van der Waals surface area contributed by atoms with Crippen LogP contribution in [0.1, 0.15) is 11.6 Å². The van der Waals surface area contributed by atoms with Crippen LogP contribution < -0.4 is 5.32 Å². The monoisotopic (exact) mass is 261 g/mol. The maximum absolute atomic E-state index is 11.0. The number of hydrogen-bond donors (Lipinski definition) is 1. The number of alkyl carbamates (subject to hydrolysis) is 1. The fourth-order valence-corrected chi connectivity index (χ4v) is 2.20. The Morgan fingerprint density at radius 1 is 1.31 bits per heavy atom. The van der Waals surface area contributed by atoms with Crippen LogP contribution in [0, 0.1) is 0 Å². The summed E-state index contributed by atoms with van der Waals surface area (Å²) in [5, 5.41) is 2.58. The van der Waals surface area contributed by atoms with Crippen LogP contribution in [-0.2, 0) is 13.8 Å². The number of halogens is 1. The molecule has 0 bridgehead atoms. The highest BCUT2D eigenvalue weighted by molar-refractivity contribution is 8.13. The van der Waals surface area contributed by atoms with Gasteiger partial charge in [-0.3, -0.25) is 0 Å². The van der Waals surface area contributed by atoms with E-state index in [1.165, 1.54) is 12.1 Å². The number of carbonyl (C=O) groups excluding carboxylic acids is 1. The van der Waals surface area contributed by atoms with Gasteiger partial charge in [0.05, 0.1) is 10.9 Å². The lowest BCUT2D eigenvalue weighted by Crippen LogP contribution is -2.18. The van der Waals surface area contributed by atoms with Gasteiger partial charge < -0.3 is 10.1 Å². The first-order valence-electron chi connectivity index (χ1n) is 4.45. The van der Waals surface area contributed by atoms with Gasteiger partial charge in [-0.15, -0.1) is 0 Å². The lowest BCUT2D eigenvalue weighted by atomic mass is 10.1. The Morgan fingerprint density at radius 3 is 2.38 bits per heavy atom. The van der Waals surface area contributed by atoms with Crippen LogP contribution in [0.15, 0.2) is 29.2 Å². The molecule has 1 fully saturated rings. The number of rotatable bonds is 2. The van der Waals surface area contributed by atoms with E-state index in [-0.39, 0.29) is 17.5 Å². The summed E-state index contributed by atoms with van der Waals surface area (Å²) in [7, 11) is 1.47. The van der Waals surface area contributed by atoms with E-state index >= 15 is 0 Å². The number of carbonyl (C=O) groups is 1. The SMILES string of the molecule is O=C1NC(c2ccc(S(=O)(=O)Cl)cc2)CO1. The van der Waals surface area contributed by atoms with E-state index < -0.39 is 15.1 Å². The van der Waals surface area contributed by atoms with E-state index in [1.54, 1.807) is 12.1 Å². The molecular formula is C9H8ClNO4S. The number of benzene rings is 1. The van der Waals surface area contributed by atoms with Crippen LogP contribution in [0.25, 0.3) is 0 Å². The zero-order valence-corrected chi connectivity index (χ0v) is 9.59. The van der Waals surface area contributed by atoms with E-state index in [4.69, 9.17) is 15.4 Å². The molecule has 1 aromatic rings. The molecule has 0 aliphatic carbocycles. The molecule has 1 saturated heterocycles. The van der Waals surface area contributed by atoms with Gasteiger partial charge in [-0.2, -0.15) is 0 Å². The summed E-state index contributed by atoms with van der Waals surface area (Å²) >= 11 is 0. The molecule has 1 aliphatic rings. The van der Waals surface area contributed by atoms with Crippen LogP contribution in [0.4, 0.5) is 4.79 Å². The van der Waals surface area contributed by atoms with Crippen LogP contribution in [0.2, 0.25) is 0 Å². The molecule has 1 N–H and O–H groups in total. The fourth-order valence-electron chi connectivity index (χ4n) is 1.43. The van der Waals surface area contributed by atoms with Crippen molar-refractivity contribution < 1.29 is 17.9 Å². The van der Waals surface area contributed by atoms with Gasteiger partial charge in [0.15, 0.2) is 0 Å². The first kappa shape index (κ1) is 11.2. The average molecular weight is 262 g/mol. The Labute approximate surface area is 96.8 Å². The van der Waals surface area contributed by atoms with Crippen LogP contribution >= 0.6 is 10.7 Å². The van der Waals surface area contributed by atoms with E-state index in [9.17, 15) is 13.2 Å². The molecule has 0 spiro atoms. The third kappa shape index (κ3) is 2.28. The van der Waals surface area contributed by atoms with Crippen molar-refractivity contribution >= 4 is 25.8 Å². The van der Waals surface area contributed by atoms with Crippen LogP contribution in [0.3, 0.4) is 0 Å². The summed E-state index contributed by atoms with van der Waals surface area (Å²) in [5.74, 6) is 0. The zero-order valence-electron chi connectivity index (χ0n) is 8.01. The van der Waals surface area contributed by atoms with Gasteiger partial charge in [-0.1, -0.05) is 12.1 Å². The standard InChI is InChI=1S/C9H8ClNO4S/c10-16(13,14)7-3-1-6(2-4-7)8-5-15-9(12)11-8/h1-4,8H,5H2,(H,11,12). The highest BCUT2D eigenvalue weighted by Gasteiger charge is 2.23. The normalized spacial score (nSPS) is 20.3. The number of cyclic esters (lactones) is 1. The Bertz CT molecular complexity index is 511. The quantitative estimate of drug-likeness (QED) is 0.817. The summed E-state index contributed by atoms with van der Waals surface area (Å²) in [6.07, 6.45) is -0.473. The lowest BCUT2D eigenvalue weighted by Gasteiger charge is -2.07. The van der Waals surface area contributed by atoms with Gasteiger partial charge in [-0.25, -0.2) is 13.2 Å². The van der Waals surface area contributed by atoms with Gasteiger partial charge in [0.1, 0.15) is 6.61 Å². The Kier molecular flexibility index (Phi) is 2.77. The second-order valence-electron chi connectivity index (χ2n) is 3.30. The zero-order chi connectivity index (χ0) is 11.8. The second-order valence-corrected chi connectivity index (χ2v) is 5.87. The van der Waals surface area contributed by atoms with Gasteiger partial charge >= 0.3 is 6.09 Å². The van der Waals surface area contributed by atoms with Crippen molar-refractivity contribution in [2.24, 2.45) is 0 Å². The van der Waals surface area contributed by atoms with E-state index in [0.717, 1.165) is 5.56 Å². The van der Waals surface area contributed by atoms with Gasteiger partial charge in [0, 0.05) is 10.7 Å². The van der Waals surface area contributed by atoms with Crippen molar-refractivity contribution in [1.29, 1.82) is 0 Å². The third-order valence-corrected chi connectivity index (χ3v) is 3.61. The third-order valence-electron chi connectivity index (χ3n) is 2.24. The van der Waals surface area contributed by atoms with Crippen molar-refractivity contribution in [1.82, 2.24) is 5.32 Å². The summed E-state index contributed by atoms with van der Waals surface area (Å²) < 4.78 is 26.7. The molecule has 1 aromatic carbocycles. The van der Waals surface area contributed by atoms with Gasteiger partial charge in [0.25, 0.3) is 9.05 Å². The molecule has 0 aromatic heterocycles. The summed E-state index contributed by atoms with van der Waals surface area (Å²) in [4.78, 5) is 10.8. The van der Waals surface area contributed by atoms with Crippen molar-refractivity contribution in [3.05, 3.63) is 29.8 Å². The van der Waals surface area contributed by atoms with Crippen molar-refractivity contribution in [3.8, 4) is 0 Å². The molecule has 2 rings (SSSR count). The first-order valence-corrected chi connectivity index (χ1v) is 6.75. The van der Waals surface area contributed by atoms with E-state index in [1.807, 2.05) is 0 Å². The maximum Gasteiger partial charge on any atom is 0.407 e. The number of hydrogen-bond acceptors (Lipinski definition) is 4. The van der Waals surface area contributed by atoms with Gasteiger partial charge in [0.2, 0.25) is 0 Å². The molecule has 1 unspecified atom stereocenters. The smallest absolute Gasteiger partial charge is 0.407 e. The minimum Gasteiger partial charge on any atom is -0.447 e. The Balaban J connectivity index is 2.23.